The smallest absolute Gasteiger partial charge is 0.246 e. The lowest BCUT2D eigenvalue weighted by Crippen LogP contribution is -2.44. The van der Waals surface area contributed by atoms with E-state index in [1.807, 2.05) is 19.9 Å². The quantitative estimate of drug-likeness (QED) is 0.782. The Morgan fingerprint density at radius 1 is 1.19 bits per heavy atom. The fraction of sp³-hybridized carbons (Fsp3) is 0.526. The number of benzene rings is 1. The minimum Gasteiger partial charge on any atom is -0.487 e. The molecular formula is C19H25N3O4S. The van der Waals surface area contributed by atoms with Gasteiger partial charge in [-0.25, -0.2) is 8.42 Å². The van der Waals surface area contributed by atoms with Crippen molar-refractivity contribution in [1.29, 1.82) is 0 Å². The molecule has 0 unspecified atom stereocenters. The fourth-order valence-electron chi connectivity index (χ4n) is 4.03. The summed E-state index contributed by atoms with van der Waals surface area (Å²) in [5.41, 5.74) is 2.03. The summed E-state index contributed by atoms with van der Waals surface area (Å²) >= 11 is 0. The third kappa shape index (κ3) is 3.26. The van der Waals surface area contributed by atoms with E-state index in [-0.39, 0.29) is 17.0 Å². The van der Waals surface area contributed by atoms with Crippen LogP contribution in [0.3, 0.4) is 0 Å². The van der Waals surface area contributed by atoms with Crippen LogP contribution < -0.4 is 4.74 Å². The lowest BCUT2D eigenvalue weighted by atomic mass is 10.1. The zero-order valence-corrected chi connectivity index (χ0v) is 16.7. The second-order valence-corrected chi connectivity index (χ2v) is 9.31. The normalized spacial score (nSPS) is 25.7. The Labute approximate surface area is 159 Å². The van der Waals surface area contributed by atoms with Gasteiger partial charge in [0.25, 0.3) is 0 Å². The highest BCUT2D eigenvalue weighted by Gasteiger charge is 2.41. The van der Waals surface area contributed by atoms with Gasteiger partial charge in [-0.2, -0.15) is 4.31 Å². The van der Waals surface area contributed by atoms with Crippen LogP contribution in [-0.4, -0.2) is 55.1 Å². The fourth-order valence-corrected chi connectivity index (χ4v) is 5.56. The first-order valence-electron chi connectivity index (χ1n) is 9.25. The number of para-hydroxylation sites is 1. The molecule has 0 spiro atoms. The third-order valence-corrected chi connectivity index (χ3v) is 7.64. The van der Waals surface area contributed by atoms with Crippen molar-refractivity contribution in [2.75, 3.05) is 20.1 Å². The first-order valence-corrected chi connectivity index (χ1v) is 10.7. The van der Waals surface area contributed by atoms with Crippen LogP contribution in [0.2, 0.25) is 0 Å². The summed E-state index contributed by atoms with van der Waals surface area (Å²) in [6.45, 7) is 6.27. The van der Waals surface area contributed by atoms with Gasteiger partial charge in [-0.15, -0.1) is 0 Å². The van der Waals surface area contributed by atoms with E-state index in [1.54, 1.807) is 25.2 Å². The Morgan fingerprint density at radius 3 is 2.67 bits per heavy atom. The highest BCUT2D eigenvalue weighted by Crippen LogP contribution is 2.35. The molecule has 1 aromatic heterocycles. The van der Waals surface area contributed by atoms with Crippen molar-refractivity contribution < 1.29 is 17.7 Å². The van der Waals surface area contributed by atoms with Crippen molar-refractivity contribution in [2.45, 2.75) is 50.3 Å². The van der Waals surface area contributed by atoms with Crippen LogP contribution in [0, 0.1) is 13.8 Å². The number of rotatable bonds is 2. The van der Waals surface area contributed by atoms with Crippen LogP contribution in [0.25, 0.3) is 0 Å². The molecule has 1 saturated heterocycles. The molecule has 146 valence electrons. The van der Waals surface area contributed by atoms with Crippen molar-refractivity contribution in [3.63, 3.8) is 0 Å². The Balaban J connectivity index is 1.59. The van der Waals surface area contributed by atoms with E-state index in [4.69, 9.17) is 9.26 Å². The van der Waals surface area contributed by atoms with Gasteiger partial charge in [-0.1, -0.05) is 17.3 Å². The SMILES string of the molecule is Cc1noc(C)c1CN1CC[C@@H]2[C@@H](CC1)Oc1ccccc1S(=O)(=O)N2C. The second kappa shape index (κ2) is 6.92. The minimum absolute atomic E-state index is 0.164. The molecule has 0 amide bonds. The molecule has 8 heteroatoms. The summed E-state index contributed by atoms with van der Waals surface area (Å²) in [5.74, 6) is 1.30. The molecule has 7 nitrogen and oxygen atoms in total. The van der Waals surface area contributed by atoms with Gasteiger partial charge in [-0.3, -0.25) is 4.90 Å². The second-order valence-electron chi connectivity index (χ2n) is 7.35. The van der Waals surface area contributed by atoms with E-state index in [0.29, 0.717) is 5.75 Å². The number of likely N-dealkylation sites (tertiary alicyclic amines) is 1. The van der Waals surface area contributed by atoms with Gasteiger partial charge >= 0.3 is 0 Å². The number of sulfonamides is 1. The predicted molar refractivity (Wildman–Crippen MR) is 100 cm³/mol. The molecule has 3 heterocycles. The summed E-state index contributed by atoms with van der Waals surface area (Å²) in [4.78, 5) is 2.59. The number of likely N-dealkylation sites (N-methyl/N-ethyl adjacent to an activating group) is 1. The number of hydrogen-bond acceptors (Lipinski definition) is 6. The molecule has 27 heavy (non-hydrogen) atoms. The van der Waals surface area contributed by atoms with Gasteiger partial charge in [0.15, 0.2) is 0 Å². The maximum absolute atomic E-state index is 13.0. The number of fused-ring (bicyclic) bond motifs is 2. The molecule has 4 rings (SSSR count). The zero-order chi connectivity index (χ0) is 19.2. The van der Waals surface area contributed by atoms with E-state index in [2.05, 4.69) is 10.1 Å². The predicted octanol–water partition coefficient (Wildman–Crippen LogP) is 2.34. The molecule has 0 aliphatic carbocycles. The van der Waals surface area contributed by atoms with Gasteiger partial charge in [0.2, 0.25) is 10.0 Å². The molecule has 1 aromatic carbocycles. The third-order valence-electron chi connectivity index (χ3n) is 5.71. The van der Waals surface area contributed by atoms with Crippen LogP contribution in [0.15, 0.2) is 33.7 Å². The van der Waals surface area contributed by atoms with Crippen molar-refractivity contribution in [2.24, 2.45) is 0 Å². The summed E-state index contributed by atoms with van der Waals surface area (Å²) in [6, 6.07) is 6.73. The van der Waals surface area contributed by atoms with Crippen LogP contribution in [0.5, 0.6) is 5.75 Å². The topological polar surface area (TPSA) is 75.9 Å². The molecular weight excluding hydrogens is 366 g/mol. The molecule has 0 radical (unpaired) electrons. The maximum atomic E-state index is 13.0. The first kappa shape index (κ1) is 18.5. The average Bonchev–Trinajstić information content (AvgIpc) is 2.81. The van der Waals surface area contributed by atoms with Crippen LogP contribution in [-0.2, 0) is 16.6 Å². The van der Waals surface area contributed by atoms with E-state index < -0.39 is 10.0 Å². The van der Waals surface area contributed by atoms with E-state index in [9.17, 15) is 8.42 Å². The number of aromatic nitrogens is 1. The number of aryl methyl sites for hydroxylation is 2. The number of hydrogen-bond donors (Lipinski definition) is 0. The maximum Gasteiger partial charge on any atom is 0.246 e. The Bertz CT molecular complexity index is 921. The van der Waals surface area contributed by atoms with Crippen LogP contribution in [0.4, 0.5) is 0 Å². The highest BCUT2D eigenvalue weighted by molar-refractivity contribution is 7.89. The Morgan fingerprint density at radius 2 is 1.93 bits per heavy atom. The van der Waals surface area contributed by atoms with E-state index >= 15 is 0 Å². The largest absolute Gasteiger partial charge is 0.487 e. The molecule has 0 saturated carbocycles. The molecule has 2 aliphatic rings. The highest BCUT2D eigenvalue weighted by atomic mass is 32.2. The number of ether oxygens (including phenoxy) is 1. The minimum atomic E-state index is -3.56. The molecule has 2 atom stereocenters. The molecule has 2 aliphatic heterocycles. The van der Waals surface area contributed by atoms with Gasteiger partial charge in [0.05, 0.1) is 11.7 Å². The number of nitrogens with zero attached hydrogens (tertiary/aromatic N) is 3. The average molecular weight is 391 g/mol. The summed E-state index contributed by atoms with van der Waals surface area (Å²) < 4.78 is 39.0. The summed E-state index contributed by atoms with van der Waals surface area (Å²) in [6.07, 6.45) is 1.32. The van der Waals surface area contributed by atoms with Gasteiger partial charge in [0.1, 0.15) is 22.5 Å². The summed E-state index contributed by atoms with van der Waals surface area (Å²) in [7, 11) is -1.89. The molecule has 0 N–H and O–H groups in total. The van der Waals surface area contributed by atoms with Crippen LogP contribution >= 0.6 is 0 Å². The van der Waals surface area contributed by atoms with Crippen molar-refractivity contribution in [3.05, 3.63) is 41.3 Å². The van der Waals surface area contributed by atoms with Crippen molar-refractivity contribution in [3.8, 4) is 5.75 Å². The zero-order valence-electron chi connectivity index (χ0n) is 15.9. The van der Waals surface area contributed by atoms with Crippen molar-refractivity contribution >= 4 is 10.0 Å². The van der Waals surface area contributed by atoms with E-state index in [0.717, 1.165) is 49.5 Å². The summed E-state index contributed by atoms with van der Waals surface area (Å²) in [5, 5.41) is 4.03. The standard InChI is InChI=1S/C19H25N3O4S/c1-13-15(14(2)26-20-13)12-22-10-8-16-17(9-11-22)25-18-6-4-5-7-19(18)27(23,24)21(16)3/h4-7,16-17H,8-12H2,1-3H3/t16-,17-/m1/s1. The van der Waals surface area contributed by atoms with Crippen LogP contribution in [0.1, 0.15) is 29.9 Å². The molecule has 2 aromatic rings. The lowest BCUT2D eigenvalue weighted by Gasteiger charge is -2.28. The van der Waals surface area contributed by atoms with E-state index in [1.165, 1.54) is 4.31 Å². The molecule has 0 bridgehead atoms. The first-order chi connectivity index (χ1) is 12.9. The Kier molecular flexibility index (Phi) is 4.73. The molecule has 1 fully saturated rings. The monoisotopic (exact) mass is 391 g/mol. The van der Waals surface area contributed by atoms with Gasteiger partial charge in [0, 0.05) is 32.2 Å². The van der Waals surface area contributed by atoms with Gasteiger partial charge < -0.3 is 9.26 Å². The van der Waals surface area contributed by atoms with Gasteiger partial charge in [-0.05, 0) is 38.8 Å². The lowest BCUT2D eigenvalue weighted by molar-refractivity contribution is 0.122. The Hall–Kier alpha value is -1.90. The van der Waals surface area contributed by atoms with Crippen molar-refractivity contribution in [1.82, 2.24) is 14.4 Å².